The number of halogens is 1. The number of rotatable bonds is 3. The molecule has 0 saturated heterocycles. The summed E-state index contributed by atoms with van der Waals surface area (Å²) in [6.07, 6.45) is 1.84. The van der Waals surface area contributed by atoms with Crippen molar-refractivity contribution in [2.24, 2.45) is 10.7 Å². The monoisotopic (exact) mass is 202 g/mol. The summed E-state index contributed by atoms with van der Waals surface area (Å²) in [6.45, 7) is 4.00. The SMILES string of the molecule is CCCC(N)=Nc1cc(C)[nH]n1.Cl. The molecule has 0 aromatic carbocycles. The van der Waals surface area contributed by atoms with Gasteiger partial charge >= 0.3 is 0 Å². The second-order valence-corrected chi connectivity index (χ2v) is 2.76. The van der Waals surface area contributed by atoms with E-state index in [-0.39, 0.29) is 12.4 Å². The highest BCUT2D eigenvalue weighted by molar-refractivity contribution is 5.85. The molecule has 13 heavy (non-hydrogen) atoms. The van der Waals surface area contributed by atoms with Crippen LogP contribution in [0.4, 0.5) is 5.82 Å². The molecule has 74 valence electrons. The van der Waals surface area contributed by atoms with Gasteiger partial charge in [0.15, 0.2) is 5.82 Å². The molecule has 0 atom stereocenters. The summed E-state index contributed by atoms with van der Waals surface area (Å²) >= 11 is 0. The third-order valence-corrected chi connectivity index (χ3v) is 1.46. The van der Waals surface area contributed by atoms with Gasteiger partial charge in [0.2, 0.25) is 0 Å². The van der Waals surface area contributed by atoms with E-state index in [1.807, 2.05) is 13.0 Å². The first-order chi connectivity index (χ1) is 5.72. The van der Waals surface area contributed by atoms with E-state index in [1.54, 1.807) is 0 Å². The first kappa shape index (κ1) is 12.0. The molecule has 4 nitrogen and oxygen atoms in total. The Kier molecular flexibility index (Phi) is 5.14. The van der Waals surface area contributed by atoms with Crippen molar-refractivity contribution in [2.45, 2.75) is 26.7 Å². The Hall–Kier alpha value is -1.03. The van der Waals surface area contributed by atoms with Crippen molar-refractivity contribution in [1.82, 2.24) is 10.2 Å². The Morgan fingerprint density at radius 1 is 1.69 bits per heavy atom. The Morgan fingerprint density at radius 3 is 2.85 bits per heavy atom. The first-order valence-electron chi connectivity index (χ1n) is 4.07. The second kappa shape index (κ2) is 5.59. The van der Waals surface area contributed by atoms with Crippen LogP contribution in [0, 0.1) is 6.92 Å². The Bertz CT molecular complexity index is 279. The summed E-state index contributed by atoms with van der Waals surface area (Å²) in [4.78, 5) is 4.12. The molecule has 5 heteroatoms. The standard InChI is InChI=1S/C8H14N4.ClH/c1-3-4-7(9)10-8-5-6(2)11-12-8;/h5H,3-4H2,1-2H3,(H3,9,10,11,12);1H. The summed E-state index contributed by atoms with van der Waals surface area (Å²) in [5, 5.41) is 6.75. The predicted octanol–water partition coefficient (Wildman–Crippen LogP) is 1.93. The molecule has 3 N–H and O–H groups in total. The van der Waals surface area contributed by atoms with E-state index in [0.29, 0.717) is 11.7 Å². The van der Waals surface area contributed by atoms with Crippen LogP contribution in [0.2, 0.25) is 0 Å². The molecule has 0 amide bonds. The fourth-order valence-corrected chi connectivity index (χ4v) is 0.920. The minimum Gasteiger partial charge on any atom is -0.387 e. The third kappa shape index (κ3) is 3.94. The molecule has 1 heterocycles. The van der Waals surface area contributed by atoms with Gasteiger partial charge in [0.1, 0.15) is 5.84 Å². The highest BCUT2D eigenvalue weighted by atomic mass is 35.5. The van der Waals surface area contributed by atoms with Crippen LogP contribution in [-0.2, 0) is 0 Å². The molecule has 0 fully saturated rings. The molecule has 0 aliphatic heterocycles. The smallest absolute Gasteiger partial charge is 0.175 e. The number of H-pyrrole nitrogens is 1. The summed E-state index contributed by atoms with van der Waals surface area (Å²) in [5.41, 5.74) is 6.62. The number of aromatic amines is 1. The molecule has 1 rings (SSSR count). The van der Waals surface area contributed by atoms with Crippen LogP contribution >= 0.6 is 12.4 Å². The number of hydrogen-bond donors (Lipinski definition) is 2. The minimum absolute atomic E-state index is 0. The highest BCUT2D eigenvalue weighted by Crippen LogP contribution is 2.08. The van der Waals surface area contributed by atoms with E-state index in [4.69, 9.17) is 5.73 Å². The van der Waals surface area contributed by atoms with E-state index in [0.717, 1.165) is 18.5 Å². The van der Waals surface area contributed by atoms with Gasteiger partial charge < -0.3 is 5.73 Å². The zero-order valence-electron chi connectivity index (χ0n) is 7.87. The lowest BCUT2D eigenvalue weighted by atomic mass is 10.3. The topological polar surface area (TPSA) is 67.1 Å². The van der Waals surface area contributed by atoms with Gasteiger partial charge in [-0.05, 0) is 13.3 Å². The quantitative estimate of drug-likeness (QED) is 0.581. The van der Waals surface area contributed by atoms with E-state index in [2.05, 4.69) is 22.1 Å². The molecule has 0 unspecified atom stereocenters. The molecule has 1 aromatic heterocycles. The molecule has 0 aliphatic rings. The maximum absolute atomic E-state index is 5.62. The molecule has 0 radical (unpaired) electrons. The van der Waals surface area contributed by atoms with Crippen LogP contribution in [0.5, 0.6) is 0 Å². The van der Waals surface area contributed by atoms with Crippen molar-refractivity contribution in [1.29, 1.82) is 0 Å². The molecule has 0 spiro atoms. The van der Waals surface area contributed by atoms with Crippen LogP contribution in [-0.4, -0.2) is 16.0 Å². The lowest BCUT2D eigenvalue weighted by molar-refractivity contribution is 0.978. The van der Waals surface area contributed by atoms with Gasteiger partial charge in [-0.25, -0.2) is 4.99 Å². The maximum Gasteiger partial charge on any atom is 0.175 e. The molecular weight excluding hydrogens is 188 g/mol. The number of aliphatic imine (C=N–C) groups is 1. The second-order valence-electron chi connectivity index (χ2n) is 2.76. The highest BCUT2D eigenvalue weighted by Gasteiger charge is 1.95. The van der Waals surface area contributed by atoms with Gasteiger partial charge in [-0.1, -0.05) is 6.92 Å². The Balaban J connectivity index is 0.00000144. The van der Waals surface area contributed by atoms with Gasteiger partial charge in [-0.2, -0.15) is 5.10 Å². The molecule has 0 aliphatic carbocycles. The lowest BCUT2D eigenvalue weighted by Crippen LogP contribution is -2.09. The van der Waals surface area contributed by atoms with Crippen molar-refractivity contribution in [3.8, 4) is 0 Å². The van der Waals surface area contributed by atoms with Gasteiger partial charge in [0.05, 0.1) is 0 Å². The zero-order chi connectivity index (χ0) is 8.97. The van der Waals surface area contributed by atoms with Crippen LogP contribution in [0.3, 0.4) is 0 Å². The van der Waals surface area contributed by atoms with Crippen LogP contribution < -0.4 is 5.73 Å². The maximum atomic E-state index is 5.62. The molecule has 0 bridgehead atoms. The van der Waals surface area contributed by atoms with Gasteiger partial charge in [0, 0.05) is 18.2 Å². The normalized spacial score (nSPS) is 11.1. The summed E-state index contributed by atoms with van der Waals surface area (Å²) < 4.78 is 0. The predicted molar refractivity (Wildman–Crippen MR) is 56.8 cm³/mol. The van der Waals surface area contributed by atoms with Crippen molar-refractivity contribution < 1.29 is 0 Å². The third-order valence-electron chi connectivity index (χ3n) is 1.46. The molecule has 1 aromatic rings. The lowest BCUT2D eigenvalue weighted by Gasteiger charge is -1.93. The van der Waals surface area contributed by atoms with Gasteiger partial charge in [0.25, 0.3) is 0 Å². The fourth-order valence-electron chi connectivity index (χ4n) is 0.920. The van der Waals surface area contributed by atoms with Crippen LogP contribution in [0.25, 0.3) is 0 Å². The summed E-state index contributed by atoms with van der Waals surface area (Å²) in [6, 6.07) is 1.86. The van der Waals surface area contributed by atoms with Crippen molar-refractivity contribution in [3.05, 3.63) is 11.8 Å². The number of nitrogens with one attached hydrogen (secondary N) is 1. The van der Waals surface area contributed by atoms with Gasteiger partial charge in [-0.3, -0.25) is 5.10 Å². The number of aromatic nitrogens is 2. The zero-order valence-corrected chi connectivity index (χ0v) is 8.69. The van der Waals surface area contributed by atoms with E-state index >= 15 is 0 Å². The largest absolute Gasteiger partial charge is 0.387 e. The average Bonchev–Trinajstić information content (AvgIpc) is 2.36. The first-order valence-corrected chi connectivity index (χ1v) is 4.07. The minimum atomic E-state index is 0. The van der Waals surface area contributed by atoms with Crippen molar-refractivity contribution >= 4 is 24.1 Å². The average molecular weight is 203 g/mol. The number of hydrogen-bond acceptors (Lipinski definition) is 2. The molecule has 0 saturated carbocycles. The molecular formula is C8H15ClN4. The summed E-state index contributed by atoms with van der Waals surface area (Å²) in [5.74, 6) is 1.31. The fraction of sp³-hybridized carbons (Fsp3) is 0.500. The van der Waals surface area contributed by atoms with Crippen molar-refractivity contribution in [3.63, 3.8) is 0 Å². The van der Waals surface area contributed by atoms with Crippen LogP contribution in [0.1, 0.15) is 25.5 Å². The summed E-state index contributed by atoms with van der Waals surface area (Å²) in [7, 11) is 0. The Labute approximate surface area is 84.0 Å². The van der Waals surface area contributed by atoms with E-state index < -0.39 is 0 Å². The number of amidine groups is 1. The van der Waals surface area contributed by atoms with Gasteiger partial charge in [-0.15, -0.1) is 12.4 Å². The number of nitrogens with zero attached hydrogens (tertiary/aromatic N) is 2. The Morgan fingerprint density at radius 2 is 2.38 bits per heavy atom. The van der Waals surface area contributed by atoms with E-state index in [1.165, 1.54) is 0 Å². The van der Waals surface area contributed by atoms with E-state index in [9.17, 15) is 0 Å². The number of aryl methyl sites for hydroxylation is 1. The van der Waals surface area contributed by atoms with Crippen LogP contribution in [0.15, 0.2) is 11.1 Å². The van der Waals surface area contributed by atoms with Crippen molar-refractivity contribution in [2.75, 3.05) is 0 Å². The number of nitrogens with two attached hydrogens (primary N) is 1.